The van der Waals surface area contributed by atoms with Gasteiger partial charge in [0, 0.05) is 25.0 Å². The van der Waals surface area contributed by atoms with Crippen molar-refractivity contribution in [3.63, 3.8) is 0 Å². The molecule has 1 atom stereocenters. The first-order chi connectivity index (χ1) is 5.83. The van der Waals surface area contributed by atoms with Gasteiger partial charge in [-0.3, -0.25) is 0 Å². The normalized spacial score (nSPS) is 12.8. The van der Waals surface area contributed by atoms with E-state index < -0.39 is 0 Å². The maximum atomic E-state index is 3.70. The van der Waals surface area contributed by atoms with Crippen LogP contribution >= 0.6 is 0 Å². The van der Waals surface area contributed by atoms with E-state index >= 15 is 0 Å². The molecule has 1 rings (SSSR count). The lowest BCUT2D eigenvalue weighted by molar-refractivity contribution is 0.554. The van der Waals surface area contributed by atoms with Crippen LogP contribution in [0.3, 0.4) is 0 Å². The average Bonchev–Trinajstić information content (AvgIpc) is 2.53. The summed E-state index contributed by atoms with van der Waals surface area (Å²) in [6.45, 7) is 6.79. The van der Waals surface area contributed by atoms with Gasteiger partial charge in [0.1, 0.15) is 0 Å². The Hall–Kier alpha value is -1.02. The van der Waals surface area contributed by atoms with Crippen molar-refractivity contribution in [3.8, 4) is 0 Å². The maximum absolute atomic E-state index is 3.70. The number of nitrogens with one attached hydrogen (secondary N) is 2. The highest BCUT2D eigenvalue weighted by atomic mass is 14.9. The highest BCUT2D eigenvalue weighted by Gasteiger charge is 1.97. The van der Waals surface area contributed by atoms with Gasteiger partial charge in [-0.05, 0) is 25.0 Å². The first-order valence-corrected chi connectivity index (χ1v) is 4.29. The van der Waals surface area contributed by atoms with Gasteiger partial charge < -0.3 is 10.3 Å². The van der Waals surface area contributed by atoms with Crippen molar-refractivity contribution >= 4 is 0 Å². The molecule has 0 bridgehead atoms. The lowest BCUT2D eigenvalue weighted by Crippen LogP contribution is -2.24. The summed E-state index contributed by atoms with van der Waals surface area (Å²) in [5.74, 6) is 0. The molecule has 0 amide bonds. The monoisotopic (exact) mass is 164 g/mol. The van der Waals surface area contributed by atoms with Crippen LogP contribution in [0.5, 0.6) is 0 Å². The van der Waals surface area contributed by atoms with Gasteiger partial charge in [0.2, 0.25) is 0 Å². The molecule has 12 heavy (non-hydrogen) atoms. The summed E-state index contributed by atoms with van der Waals surface area (Å²) in [6, 6.07) is 2.59. The van der Waals surface area contributed by atoms with Gasteiger partial charge in [-0.15, -0.1) is 6.58 Å². The predicted octanol–water partition coefficient (Wildman–Crippen LogP) is 2.07. The third-order valence-electron chi connectivity index (χ3n) is 1.84. The summed E-state index contributed by atoms with van der Waals surface area (Å²) in [6.07, 6.45) is 6.90. The summed E-state index contributed by atoms with van der Waals surface area (Å²) in [5.41, 5.74) is 1.30. The molecular formula is C10H16N2. The largest absolute Gasteiger partial charge is 0.367 e. The summed E-state index contributed by atoms with van der Waals surface area (Å²) in [5, 5.41) is 3.39. The van der Waals surface area contributed by atoms with Crippen LogP contribution in [0.2, 0.25) is 0 Å². The molecule has 0 saturated carbocycles. The van der Waals surface area contributed by atoms with E-state index in [0.29, 0.717) is 6.04 Å². The number of rotatable bonds is 5. The fourth-order valence-corrected chi connectivity index (χ4v) is 1.09. The second-order valence-corrected chi connectivity index (χ2v) is 3.03. The van der Waals surface area contributed by atoms with Gasteiger partial charge >= 0.3 is 0 Å². The van der Waals surface area contributed by atoms with E-state index in [1.165, 1.54) is 5.56 Å². The molecule has 66 valence electrons. The van der Waals surface area contributed by atoms with E-state index in [4.69, 9.17) is 0 Å². The molecule has 0 spiro atoms. The number of hydrogen-bond donors (Lipinski definition) is 2. The second kappa shape index (κ2) is 4.78. The lowest BCUT2D eigenvalue weighted by Gasteiger charge is -2.09. The Morgan fingerprint density at radius 3 is 3.17 bits per heavy atom. The Balaban J connectivity index is 2.21. The summed E-state index contributed by atoms with van der Waals surface area (Å²) >= 11 is 0. The summed E-state index contributed by atoms with van der Waals surface area (Å²) in [4.78, 5) is 3.03. The molecule has 0 fully saturated rings. The minimum Gasteiger partial charge on any atom is -0.367 e. The Labute approximate surface area is 73.7 Å². The van der Waals surface area contributed by atoms with Crippen molar-refractivity contribution in [1.82, 2.24) is 10.3 Å². The molecule has 1 heterocycles. The van der Waals surface area contributed by atoms with Gasteiger partial charge in [0.05, 0.1) is 0 Å². The second-order valence-electron chi connectivity index (χ2n) is 3.03. The van der Waals surface area contributed by atoms with Gasteiger partial charge in [-0.1, -0.05) is 6.08 Å². The molecule has 2 nitrogen and oxygen atoms in total. The van der Waals surface area contributed by atoms with E-state index in [-0.39, 0.29) is 0 Å². The SMILES string of the molecule is C=CCC(C)NCc1cc[nH]c1. The fourth-order valence-electron chi connectivity index (χ4n) is 1.09. The van der Waals surface area contributed by atoms with Gasteiger partial charge in [0.25, 0.3) is 0 Å². The van der Waals surface area contributed by atoms with Crippen molar-refractivity contribution in [2.75, 3.05) is 0 Å². The first-order valence-electron chi connectivity index (χ1n) is 4.29. The average molecular weight is 164 g/mol. The Kier molecular flexibility index (Phi) is 3.61. The van der Waals surface area contributed by atoms with Crippen LogP contribution in [0.15, 0.2) is 31.1 Å². The zero-order valence-corrected chi connectivity index (χ0v) is 7.51. The highest BCUT2D eigenvalue weighted by Crippen LogP contribution is 1.97. The number of aromatic amines is 1. The van der Waals surface area contributed by atoms with Crippen molar-refractivity contribution in [3.05, 3.63) is 36.7 Å². The van der Waals surface area contributed by atoms with E-state index in [0.717, 1.165) is 13.0 Å². The van der Waals surface area contributed by atoms with Crippen molar-refractivity contribution in [2.45, 2.75) is 25.9 Å². The summed E-state index contributed by atoms with van der Waals surface area (Å²) < 4.78 is 0. The predicted molar refractivity (Wildman–Crippen MR) is 51.9 cm³/mol. The Bertz CT molecular complexity index is 214. The molecule has 0 aliphatic rings. The van der Waals surface area contributed by atoms with Crippen LogP contribution in [-0.2, 0) is 6.54 Å². The van der Waals surface area contributed by atoms with Gasteiger partial charge in [-0.25, -0.2) is 0 Å². The number of aromatic nitrogens is 1. The molecule has 1 unspecified atom stereocenters. The van der Waals surface area contributed by atoms with Crippen LogP contribution < -0.4 is 5.32 Å². The number of H-pyrrole nitrogens is 1. The summed E-state index contributed by atoms with van der Waals surface area (Å²) in [7, 11) is 0. The van der Waals surface area contributed by atoms with Gasteiger partial charge in [0.15, 0.2) is 0 Å². The molecule has 1 aromatic rings. The van der Waals surface area contributed by atoms with Crippen LogP contribution in [-0.4, -0.2) is 11.0 Å². The lowest BCUT2D eigenvalue weighted by atomic mass is 10.2. The molecule has 2 N–H and O–H groups in total. The molecule has 2 heteroatoms. The van der Waals surface area contributed by atoms with Crippen molar-refractivity contribution in [1.29, 1.82) is 0 Å². The topological polar surface area (TPSA) is 27.8 Å². The zero-order valence-electron chi connectivity index (χ0n) is 7.51. The number of hydrogen-bond acceptors (Lipinski definition) is 1. The third-order valence-corrected chi connectivity index (χ3v) is 1.84. The molecular weight excluding hydrogens is 148 g/mol. The Morgan fingerprint density at radius 2 is 2.58 bits per heavy atom. The standard InChI is InChI=1S/C10H16N2/c1-3-4-9(2)12-8-10-5-6-11-7-10/h3,5-7,9,11-12H,1,4,8H2,2H3. The van der Waals surface area contributed by atoms with Crippen LogP contribution in [0, 0.1) is 0 Å². The molecule has 1 aromatic heterocycles. The first kappa shape index (κ1) is 9.07. The quantitative estimate of drug-likeness (QED) is 0.641. The maximum Gasteiger partial charge on any atom is 0.0223 e. The van der Waals surface area contributed by atoms with E-state index in [1.54, 1.807) is 0 Å². The minimum atomic E-state index is 0.511. The van der Waals surface area contributed by atoms with Crippen molar-refractivity contribution < 1.29 is 0 Å². The molecule has 0 radical (unpaired) electrons. The van der Waals surface area contributed by atoms with Gasteiger partial charge in [-0.2, -0.15) is 0 Å². The molecule has 0 aliphatic carbocycles. The van der Waals surface area contributed by atoms with Crippen LogP contribution in [0.25, 0.3) is 0 Å². The van der Waals surface area contributed by atoms with E-state index in [9.17, 15) is 0 Å². The molecule has 0 saturated heterocycles. The highest BCUT2D eigenvalue weighted by molar-refractivity contribution is 5.07. The van der Waals surface area contributed by atoms with Crippen molar-refractivity contribution in [2.24, 2.45) is 0 Å². The van der Waals surface area contributed by atoms with E-state index in [2.05, 4.69) is 29.9 Å². The molecule has 0 aliphatic heterocycles. The molecule has 0 aromatic carbocycles. The third kappa shape index (κ3) is 2.93. The zero-order chi connectivity index (χ0) is 8.81. The van der Waals surface area contributed by atoms with E-state index in [1.807, 2.05) is 18.5 Å². The smallest absolute Gasteiger partial charge is 0.0223 e. The van der Waals surface area contributed by atoms with Crippen LogP contribution in [0.4, 0.5) is 0 Å². The minimum absolute atomic E-state index is 0.511. The fraction of sp³-hybridized carbons (Fsp3) is 0.400. The Morgan fingerprint density at radius 1 is 1.75 bits per heavy atom. The van der Waals surface area contributed by atoms with Crippen LogP contribution in [0.1, 0.15) is 18.9 Å².